The molecule has 116 valence electrons. The number of nitrogens with zero attached hydrogens (tertiary/aromatic N) is 1. The molecule has 0 amide bonds. The molecule has 0 aliphatic carbocycles. The van der Waals surface area contributed by atoms with Crippen LogP contribution in [-0.2, 0) is 0 Å². The molecule has 0 bridgehead atoms. The van der Waals surface area contributed by atoms with E-state index in [9.17, 15) is 0 Å². The van der Waals surface area contributed by atoms with Crippen LogP contribution in [0.15, 0.2) is 54.6 Å². The Kier molecular flexibility index (Phi) is 4.92. The SMILES string of the molecule is CNCCC(Oc1ccc2cc(C#N)sc2c1)c1ccccc1. The Balaban J connectivity index is 1.85. The van der Waals surface area contributed by atoms with Crippen molar-refractivity contribution in [3.8, 4) is 11.8 Å². The summed E-state index contributed by atoms with van der Waals surface area (Å²) >= 11 is 1.50. The highest BCUT2D eigenvalue weighted by molar-refractivity contribution is 7.19. The molecule has 2 aromatic carbocycles. The highest BCUT2D eigenvalue weighted by Crippen LogP contribution is 2.31. The monoisotopic (exact) mass is 322 g/mol. The standard InChI is InChI=1S/C19H18N2OS/c1-21-10-9-18(14-5-3-2-4-6-14)22-16-8-7-15-11-17(13-20)23-19(15)12-16/h2-8,11-12,18,21H,9-10H2,1H3. The van der Waals surface area contributed by atoms with Gasteiger partial charge in [-0.2, -0.15) is 5.26 Å². The van der Waals surface area contributed by atoms with Crippen molar-refractivity contribution in [2.75, 3.05) is 13.6 Å². The van der Waals surface area contributed by atoms with Crippen LogP contribution in [0.2, 0.25) is 0 Å². The zero-order valence-corrected chi connectivity index (χ0v) is 13.8. The number of nitriles is 1. The Hall–Kier alpha value is -2.35. The second kappa shape index (κ2) is 7.28. The first-order valence-corrected chi connectivity index (χ1v) is 8.41. The summed E-state index contributed by atoms with van der Waals surface area (Å²) in [5.74, 6) is 0.841. The van der Waals surface area contributed by atoms with Crippen LogP contribution in [0.1, 0.15) is 23.0 Å². The first-order valence-electron chi connectivity index (χ1n) is 7.60. The lowest BCUT2D eigenvalue weighted by Crippen LogP contribution is -2.16. The third-order valence-corrected chi connectivity index (χ3v) is 4.71. The second-order valence-corrected chi connectivity index (χ2v) is 6.42. The maximum Gasteiger partial charge on any atom is 0.125 e. The number of rotatable bonds is 6. The maximum absolute atomic E-state index is 9.02. The number of hydrogen-bond acceptors (Lipinski definition) is 4. The van der Waals surface area contributed by atoms with Crippen molar-refractivity contribution < 1.29 is 4.74 Å². The van der Waals surface area contributed by atoms with Gasteiger partial charge in [-0.15, -0.1) is 11.3 Å². The van der Waals surface area contributed by atoms with Gasteiger partial charge in [-0.25, -0.2) is 0 Å². The van der Waals surface area contributed by atoms with Crippen LogP contribution in [0.25, 0.3) is 10.1 Å². The molecule has 4 heteroatoms. The summed E-state index contributed by atoms with van der Waals surface area (Å²) in [6.45, 7) is 0.888. The molecular formula is C19H18N2OS. The molecule has 0 saturated carbocycles. The van der Waals surface area contributed by atoms with Crippen molar-refractivity contribution in [3.63, 3.8) is 0 Å². The lowest BCUT2D eigenvalue weighted by molar-refractivity contribution is 0.195. The minimum Gasteiger partial charge on any atom is -0.486 e. The van der Waals surface area contributed by atoms with E-state index in [4.69, 9.17) is 10.00 Å². The van der Waals surface area contributed by atoms with Gasteiger partial charge < -0.3 is 10.1 Å². The summed E-state index contributed by atoms with van der Waals surface area (Å²) in [7, 11) is 1.95. The highest BCUT2D eigenvalue weighted by atomic mass is 32.1. The van der Waals surface area contributed by atoms with Crippen molar-refractivity contribution in [3.05, 3.63) is 65.0 Å². The van der Waals surface area contributed by atoms with Crippen molar-refractivity contribution >= 4 is 21.4 Å². The first kappa shape index (κ1) is 15.5. The normalized spacial score (nSPS) is 12.0. The fraction of sp³-hybridized carbons (Fsp3) is 0.211. The predicted molar refractivity (Wildman–Crippen MR) is 94.9 cm³/mol. The highest BCUT2D eigenvalue weighted by Gasteiger charge is 2.13. The average Bonchev–Trinajstić information content (AvgIpc) is 3.01. The largest absolute Gasteiger partial charge is 0.486 e. The van der Waals surface area contributed by atoms with E-state index in [0.29, 0.717) is 0 Å². The van der Waals surface area contributed by atoms with E-state index < -0.39 is 0 Å². The fourth-order valence-electron chi connectivity index (χ4n) is 2.54. The molecule has 0 aliphatic heterocycles. The van der Waals surface area contributed by atoms with Gasteiger partial charge in [0.05, 0.1) is 0 Å². The van der Waals surface area contributed by atoms with E-state index in [-0.39, 0.29) is 6.10 Å². The molecule has 0 aliphatic rings. The molecule has 0 fully saturated rings. The minimum absolute atomic E-state index is 0.0106. The number of thiophene rings is 1. The van der Waals surface area contributed by atoms with Crippen molar-refractivity contribution in [1.29, 1.82) is 5.26 Å². The molecule has 0 radical (unpaired) electrons. The third kappa shape index (κ3) is 3.70. The molecule has 23 heavy (non-hydrogen) atoms. The second-order valence-electron chi connectivity index (χ2n) is 5.33. The number of ether oxygens (including phenoxy) is 1. The lowest BCUT2D eigenvalue weighted by Gasteiger charge is -2.19. The number of nitrogens with one attached hydrogen (secondary N) is 1. The molecule has 1 heterocycles. The van der Waals surface area contributed by atoms with E-state index in [1.54, 1.807) is 0 Å². The summed E-state index contributed by atoms with van der Waals surface area (Å²) in [5, 5.41) is 13.3. The number of fused-ring (bicyclic) bond motifs is 1. The minimum atomic E-state index is 0.0106. The molecule has 0 spiro atoms. The quantitative estimate of drug-likeness (QED) is 0.726. The molecule has 1 atom stereocenters. The van der Waals surface area contributed by atoms with Gasteiger partial charge in [-0.3, -0.25) is 0 Å². The fourth-order valence-corrected chi connectivity index (χ4v) is 3.43. The summed E-state index contributed by atoms with van der Waals surface area (Å²) in [5.41, 5.74) is 1.17. The summed E-state index contributed by atoms with van der Waals surface area (Å²) in [6, 6.07) is 20.4. The van der Waals surface area contributed by atoms with E-state index in [1.165, 1.54) is 16.9 Å². The van der Waals surface area contributed by atoms with Crippen LogP contribution in [0.3, 0.4) is 0 Å². The summed E-state index contributed by atoms with van der Waals surface area (Å²) in [4.78, 5) is 0.729. The Morgan fingerprint density at radius 3 is 2.74 bits per heavy atom. The molecule has 3 nitrogen and oxygen atoms in total. The van der Waals surface area contributed by atoms with E-state index in [2.05, 4.69) is 23.5 Å². The van der Waals surface area contributed by atoms with Crippen LogP contribution in [0.4, 0.5) is 0 Å². The number of hydrogen-bond donors (Lipinski definition) is 1. The zero-order valence-electron chi connectivity index (χ0n) is 13.0. The van der Waals surface area contributed by atoms with Gasteiger partial charge in [-0.05, 0) is 48.8 Å². The molecule has 3 rings (SSSR count). The van der Waals surface area contributed by atoms with Gasteiger partial charge in [-0.1, -0.05) is 30.3 Å². The zero-order chi connectivity index (χ0) is 16.1. The Bertz CT molecular complexity index is 820. The van der Waals surface area contributed by atoms with Crippen molar-refractivity contribution in [1.82, 2.24) is 5.32 Å². The van der Waals surface area contributed by atoms with Gasteiger partial charge in [0.25, 0.3) is 0 Å². The van der Waals surface area contributed by atoms with Crippen molar-refractivity contribution in [2.24, 2.45) is 0 Å². The van der Waals surface area contributed by atoms with E-state index in [0.717, 1.165) is 33.7 Å². The molecular weight excluding hydrogens is 304 g/mol. The molecule has 1 N–H and O–H groups in total. The molecule has 0 saturated heterocycles. The first-order chi connectivity index (χ1) is 11.3. The van der Waals surface area contributed by atoms with Gasteiger partial charge in [0.1, 0.15) is 22.8 Å². The smallest absolute Gasteiger partial charge is 0.125 e. The average molecular weight is 322 g/mol. The lowest BCUT2D eigenvalue weighted by atomic mass is 10.1. The Morgan fingerprint density at radius 2 is 2.00 bits per heavy atom. The van der Waals surface area contributed by atoms with Gasteiger partial charge in [0, 0.05) is 11.1 Å². The third-order valence-electron chi connectivity index (χ3n) is 3.71. The predicted octanol–water partition coefficient (Wildman–Crippen LogP) is 4.50. The van der Waals surface area contributed by atoms with Crippen LogP contribution in [0.5, 0.6) is 5.75 Å². The Labute approximate surface area is 140 Å². The topological polar surface area (TPSA) is 45.0 Å². The van der Waals surface area contributed by atoms with Crippen LogP contribution >= 0.6 is 11.3 Å². The van der Waals surface area contributed by atoms with E-state index >= 15 is 0 Å². The molecule has 3 aromatic rings. The van der Waals surface area contributed by atoms with Crippen LogP contribution in [-0.4, -0.2) is 13.6 Å². The van der Waals surface area contributed by atoms with E-state index in [1.807, 2.05) is 49.5 Å². The van der Waals surface area contributed by atoms with Gasteiger partial charge in [0.15, 0.2) is 0 Å². The number of benzene rings is 2. The summed E-state index contributed by atoms with van der Waals surface area (Å²) < 4.78 is 7.32. The molecule has 1 aromatic heterocycles. The van der Waals surface area contributed by atoms with Crippen molar-refractivity contribution in [2.45, 2.75) is 12.5 Å². The molecule has 1 unspecified atom stereocenters. The van der Waals surface area contributed by atoms with Crippen LogP contribution in [0, 0.1) is 11.3 Å². The van der Waals surface area contributed by atoms with Gasteiger partial charge >= 0.3 is 0 Å². The van der Waals surface area contributed by atoms with Crippen LogP contribution < -0.4 is 10.1 Å². The van der Waals surface area contributed by atoms with Gasteiger partial charge in [0.2, 0.25) is 0 Å². The Morgan fingerprint density at radius 1 is 1.17 bits per heavy atom. The summed E-state index contributed by atoms with van der Waals surface area (Å²) in [6.07, 6.45) is 0.906. The maximum atomic E-state index is 9.02.